The summed E-state index contributed by atoms with van der Waals surface area (Å²) in [6, 6.07) is 12.5. The summed E-state index contributed by atoms with van der Waals surface area (Å²) >= 11 is 0. The summed E-state index contributed by atoms with van der Waals surface area (Å²) in [5.41, 5.74) is 2.68. The number of nitrogens with zero attached hydrogens (tertiary/aromatic N) is 2. The lowest BCUT2D eigenvalue weighted by atomic mass is 9.90. The Bertz CT molecular complexity index is 610. The highest BCUT2D eigenvalue weighted by Gasteiger charge is 2.19. The first-order valence-electron chi connectivity index (χ1n) is 8.77. The number of aromatic nitrogens is 1. The summed E-state index contributed by atoms with van der Waals surface area (Å²) in [5.74, 6) is 1.62. The molecular weight excluding hydrogens is 300 g/mol. The third-order valence-corrected chi connectivity index (χ3v) is 4.65. The van der Waals surface area contributed by atoms with Crippen LogP contribution in [0.25, 0.3) is 0 Å². The molecule has 0 unspecified atom stereocenters. The van der Waals surface area contributed by atoms with Gasteiger partial charge in [0.15, 0.2) is 0 Å². The Morgan fingerprint density at radius 1 is 1.08 bits per heavy atom. The van der Waals surface area contributed by atoms with Crippen LogP contribution in [-0.4, -0.2) is 41.3 Å². The number of aliphatic hydroxyl groups excluding tert-OH is 1. The molecule has 4 nitrogen and oxygen atoms in total. The summed E-state index contributed by atoms with van der Waals surface area (Å²) in [6.07, 6.45) is 7.44. The van der Waals surface area contributed by atoms with Crippen molar-refractivity contribution < 1.29 is 9.84 Å². The minimum Gasteiger partial charge on any atom is -0.491 e. The minimum absolute atomic E-state index is 0.0508. The molecule has 3 rings (SSSR count). The molecule has 4 heteroatoms. The number of piperidine rings is 1. The first-order chi connectivity index (χ1) is 11.8. The van der Waals surface area contributed by atoms with Crippen molar-refractivity contribution in [2.75, 3.05) is 26.3 Å². The van der Waals surface area contributed by atoms with Crippen LogP contribution in [0.3, 0.4) is 0 Å². The molecule has 1 N–H and O–H groups in total. The van der Waals surface area contributed by atoms with Crippen LogP contribution in [-0.2, 0) is 13.0 Å². The van der Waals surface area contributed by atoms with E-state index in [4.69, 9.17) is 9.84 Å². The van der Waals surface area contributed by atoms with Crippen molar-refractivity contribution in [2.24, 2.45) is 5.92 Å². The van der Waals surface area contributed by atoms with Gasteiger partial charge in [-0.15, -0.1) is 0 Å². The van der Waals surface area contributed by atoms with E-state index in [1.807, 2.05) is 24.5 Å². The SMILES string of the molecule is OCCOc1cccc(CN2CCC(Cc3ccncc3)CC2)c1. The maximum atomic E-state index is 8.85. The molecular formula is C20H26N2O2. The van der Waals surface area contributed by atoms with Crippen LogP contribution >= 0.6 is 0 Å². The van der Waals surface area contributed by atoms with Gasteiger partial charge in [0.1, 0.15) is 12.4 Å². The Labute approximate surface area is 144 Å². The first-order valence-corrected chi connectivity index (χ1v) is 8.77. The van der Waals surface area contributed by atoms with Gasteiger partial charge in [-0.25, -0.2) is 0 Å². The second-order valence-corrected chi connectivity index (χ2v) is 6.50. The van der Waals surface area contributed by atoms with Crippen LogP contribution in [0.5, 0.6) is 5.75 Å². The molecule has 2 aromatic rings. The van der Waals surface area contributed by atoms with Crippen molar-refractivity contribution in [3.05, 3.63) is 59.9 Å². The Morgan fingerprint density at radius 2 is 1.88 bits per heavy atom. The highest BCUT2D eigenvalue weighted by atomic mass is 16.5. The van der Waals surface area contributed by atoms with Gasteiger partial charge >= 0.3 is 0 Å². The molecule has 1 aliphatic heterocycles. The normalized spacial score (nSPS) is 16.2. The average Bonchev–Trinajstić information content (AvgIpc) is 2.63. The largest absolute Gasteiger partial charge is 0.491 e. The van der Waals surface area contributed by atoms with Crippen molar-refractivity contribution in [3.63, 3.8) is 0 Å². The van der Waals surface area contributed by atoms with E-state index in [0.717, 1.165) is 31.3 Å². The fourth-order valence-corrected chi connectivity index (χ4v) is 3.36. The van der Waals surface area contributed by atoms with Gasteiger partial charge in [-0.1, -0.05) is 12.1 Å². The zero-order valence-corrected chi connectivity index (χ0v) is 14.1. The quantitative estimate of drug-likeness (QED) is 0.850. The van der Waals surface area contributed by atoms with Crippen molar-refractivity contribution in [1.29, 1.82) is 0 Å². The standard InChI is InChI=1S/C20H26N2O2/c23-12-13-24-20-3-1-2-19(15-20)16-22-10-6-18(7-11-22)14-17-4-8-21-9-5-17/h1-5,8-9,15,18,23H,6-7,10-14,16H2. The van der Waals surface area contributed by atoms with Gasteiger partial charge in [0.2, 0.25) is 0 Å². The predicted octanol–water partition coefficient (Wildman–Crippen LogP) is 2.91. The third-order valence-electron chi connectivity index (χ3n) is 4.65. The van der Waals surface area contributed by atoms with Gasteiger partial charge in [0.25, 0.3) is 0 Å². The Kier molecular flexibility index (Phi) is 6.21. The van der Waals surface area contributed by atoms with E-state index < -0.39 is 0 Å². The zero-order valence-electron chi connectivity index (χ0n) is 14.1. The first kappa shape index (κ1) is 16.9. The van der Waals surface area contributed by atoms with Gasteiger partial charge < -0.3 is 9.84 Å². The smallest absolute Gasteiger partial charge is 0.119 e. The lowest BCUT2D eigenvalue weighted by molar-refractivity contribution is 0.176. The van der Waals surface area contributed by atoms with E-state index in [1.165, 1.54) is 30.4 Å². The van der Waals surface area contributed by atoms with E-state index in [9.17, 15) is 0 Å². The number of rotatable bonds is 7. The van der Waals surface area contributed by atoms with Gasteiger partial charge in [-0.05, 0) is 73.7 Å². The van der Waals surface area contributed by atoms with E-state index in [1.54, 1.807) is 0 Å². The van der Waals surface area contributed by atoms with Crippen molar-refractivity contribution in [2.45, 2.75) is 25.8 Å². The average molecular weight is 326 g/mol. The molecule has 1 saturated heterocycles. The number of ether oxygens (including phenoxy) is 1. The molecule has 0 spiro atoms. The summed E-state index contributed by atoms with van der Waals surface area (Å²) in [4.78, 5) is 6.61. The van der Waals surface area contributed by atoms with Gasteiger partial charge in [-0.3, -0.25) is 9.88 Å². The highest BCUT2D eigenvalue weighted by molar-refractivity contribution is 5.28. The van der Waals surface area contributed by atoms with Crippen molar-refractivity contribution in [3.8, 4) is 5.75 Å². The summed E-state index contributed by atoms with van der Waals surface area (Å²) in [5, 5.41) is 8.85. The molecule has 1 aliphatic rings. The van der Waals surface area contributed by atoms with E-state index in [2.05, 4.69) is 34.1 Å². The number of hydrogen-bond acceptors (Lipinski definition) is 4. The van der Waals surface area contributed by atoms with Gasteiger partial charge in [0, 0.05) is 18.9 Å². The molecule has 1 fully saturated rings. The summed E-state index contributed by atoms with van der Waals surface area (Å²) in [6.45, 7) is 3.67. The van der Waals surface area contributed by atoms with Crippen LogP contribution in [0.2, 0.25) is 0 Å². The summed E-state index contributed by atoms with van der Waals surface area (Å²) < 4.78 is 5.49. The van der Waals surface area contributed by atoms with Crippen molar-refractivity contribution >= 4 is 0 Å². The maximum absolute atomic E-state index is 8.85. The Morgan fingerprint density at radius 3 is 2.62 bits per heavy atom. The second-order valence-electron chi connectivity index (χ2n) is 6.50. The van der Waals surface area contributed by atoms with Gasteiger partial charge in [0.05, 0.1) is 6.61 Å². The summed E-state index contributed by atoms with van der Waals surface area (Å²) in [7, 11) is 0. The molecule has 1 aromatic heterocycles. The Balaban J connectivity index is 1.47. The van der Waals surface area contributed by atoms with Crippen molar-refractivity contribution in [1.82, 2.24) is 9.88 Å². The minimum atomic E-state index is 0.0508. The lowest BCUT2D eigenvalue weighted by Crippen LogP contribution is -2.33. The lowest BCUT2D eigenvalue weighted by Gasteiger charge is -2.32. The molecule has 0 atom stereocenters. The number of aliphatic hydroxyl groups is 1. The van der Waals surface area contributed by atoms with Crippen LogP contribution in [0.15, 0.2) is 48.8 Å². The maximum Gasteiger partial charge on any atom is 0.119 e. The third kappa shape index (κ3) is 5.05. The van der Waals surface area contributed by atoms with E-state index in [0.29, 0.717) is 6.61 Å². The highest BCUT2D eigenvalue weighted by Crippen LogP contribution is 2.23. The Hall–Kier alpha value is -1.91. The van der Waals surface area contributed by atoms with Crippen LogP contribution in [0.1, 0.15) is 24.0 Å². The van der Waals surface area contributed by atoms with Crippen LogP contribution in [0.4, 0.5) is 0 Å². The molecule has 128 valence electrons. The van der Waals surface area contributed by atoms with E-state index in [-0.39, 0.29) is 6.61 Å². The predicted molar refractivity (Wildman–Crippen MR) is 95.0 cm³/mol. The fourth-order valence-electron chi connectivity index (χ4n) is 3.36. The molecule has 0 aliphatic carbocycles. The molecule has 0 amide bonds. The molecule has 24 heavy (non-hydrogen) atoms. The van der Waals surface area contributed by atoms with Crippen LogP contribution < -0.4 is 4.74 Å². The number of pyridine rings is 1. The molecule has 0 bridgehead atoms. The fraction of sp³-hybridized carbons (Fsp3) is 0.450. The number of hydrogen-bond donors (Lipinski definition) is 1. The molecule has 1 aromatic carbocycles. The number of benzene rings is 1. The van der Waals surface area contributed by atoms with Gasteiger partial charge in [-0.2, -0.15) is 0 Å². The topological polar surface area (TPSA) is 45.6 Å². The van der Waals surface area contributed by atoms with E-state index >= 15 is 0 Å². The second kappa shape index (κ2) is 8.81. The van der Waals surface area contributed by atoms with Crippen LogP contribution in [0, 0.1) is 5.92 Å². The molecule has 0 radical (unpaired) electrons. The number of likely N-dealkylation sites (tertiary alicyclic amines) is 1. The molecule has 2 heterocycles. The zero-order chi connectivity index (χ0) is 16.6. The molecule has 0 saturated carbocycles. The monoisotopic (exact) mass is 326 g/mol.